The van der Waals surface area contributed by atoms with Gasteiger partial charge in [0.25, 0.3) is 11.7 Å². The molecule has 2 aliphatic rings. The molecule has 1 amide bonds. The maximum absolute atomic E-state index is 12.2. The Morgan fingerprint density at radius 1 is 1.24 bits per heavy atom. The van der Waals surface area contributed by atoms with Crippen LogP contribution in [0.1, 0.15) is 49.1 Å². The summed E-state index contributed by atoms with van der Waals surface area (Å²) in [6, 6.07) is 0.406. The van der Waals surface area contributed by atoms with Gasteiger partial charge in [-0.15, -0.1) is 10.2 Å². The van der Waals surface area contributed by atoms with Crippen molar-refractivity contribution in [2.75, 3.05) is 6.54 Å². The molecular weight excluding hydrogens is 218 g/mol. The number of H-pyrrole nitrogens is 1. The maximum atomic E-state index is 12.2. The molecule has 0 radical (unpaired) electrons. The number of amides is 1. The van der Waals surface area contributed by atoms with Crippen LogP contribution >= 0.6 is 0 Å². The zero-order valence-electron chi connectivity index (χ0n) is 9.80. The molecular formula is C11H17N5O. The van der Waals surface area contributed by atoms with Crippen LogP contribution in [0, 0.1) is 5.92 Å². The molecule has 0 bridgehead atoms. The second kappa shape index (κ2) is 4.43. The molecule has 3 rings (SSSR count). The maximum Gasteiger partial charge on any atom is 0.295 e. The molecule has 2 heterocycles. The number of aromatic nitrogens is 4. The van der Waals surface area contributed by atoms with Gasteiger partial charge in [0, 0.05) is 12.6 Å². The Balaban J connectivity index is 1.75. The third-order valence-electron chi connectivity index (χ3n) is 4.04. The average Bonchev–Trinajstić information content (AvgIpc) is 3.09. The van der Waals surface area contributed by atoms with Gasteiger partial charge >= 0.3 is 0 Å². The largest absolute Gasteiger partial charge is 0.333 e. The van der Waals surface area contributed by atoms with E-state index in [1.165, 1.54) is 25.7 Å². The summed E-state index contributed by atoms with van der Waals surface area (Å²) in [4.78, 5) is 14.2. The van der Waals surface area contributed by atoms with Gasteiger partial charge in [0.1, 0.15) is 0 Å². The molecule has 1 N–H and O–H groups in total. The molecule has 1 aliphatic heterocycles. The van der Waals surface area contributed by atoms with E-state index in [2.05, 4.69) is 20.6 Å². The van der Waals surface area contributed by atoms with Gasteiger partial charge in [0.15, 0.2) is 0 Å². The number of hydrogen-bond donors (Lipinski definition) is 1. The topological polar surface area (TPSA) is 74.8 Å². The molecule has 1 aromatic heterocycles. The Labute approximate surface area is 99.8 Å². The van der Waals surface area contributed by atoms with E-state index in [1.54, 1.807) is 0 Å². The molecule has 92 valence electrons. The Bertz CT molecular complexity index is 385. The van der Waals surface area contributed by atoms with Gasteiger partial charge in [0.05, 0.1) is 0 Å². The van der Waals surface area contributed by atoms with Crippen molar-refractivity contribution >= 4 is 5.91 Å². The van der Waals surface area contributed by atoms with Crippen molar-refractivity contribution < 1.29 is 4.79 Å². The van der Waals surface area contributed by atoms with E-state index in [1.807, 2.05) is 4.90 Å². The number of carbonyl (C=O) groups excluding carboxylic acids is 1. The molecule has 1 aromatic rings. The van der Waals surface area contributed by atoms with Crippen molar-refractivity contribution in [3.8, 4) is 0 Å². The van der Waals surface area contributed by atoms with Crippen molar-refractivity contribution in [3.63, 3.8) is 0 Å². The minimum absolute atomic E-state index is 0.0619. The second-order valence-corrected chi connectivity index (χ2v) is 4.99. The minimum atomic E-state index is -0.0619. The number of nitrogens with one attached hydrogen (secondary N) is 1. The summed E-state index contributed by atoms with van der Waals surface area (Å²) in [6.45, 7) is 0.842. The van der Waals surface area contributed by atoms with Crippen molar-refractivity contribution in [1.82, 2.24) is 25.5 Å². The summed E-state index contributed by atoms with van der Waals surface area (Å²) < 4.78 is 0. The van der Waals surface area contributed by atoms with Gasteiger partial charge in [-0.05, 0) is 36.8 Å². The molecule has 1 aliphatic carbocycles. The molecule has 1 saturated heterocycles. The van der Waals surface area contributed by atoms with Gasteiger partial charge in [0.2, 0.25) is 0 Å². The summed E-state index contributed by atoms with van der Waals surface area (Å²) in [5.41, 5.74) is 0. The van der Waals surface area contributed by atoms with Gasteiger partial charge < -0.3 is 4.90 Å². The minimum Gasteiger partial charge on any atom is -0.333 e. The van der Waals surface area contributed by atoms with Crippen LogP contribution in [0.25, 0.3) is 0 Å². The number of rotatable bonds is 2. The monoisotopic (exact) mass is 235 g/mol. The van der Waals surface area contributed by atoms with Gasteiger partial charge in [-0.3, -0.25) is 4.79 Å². The highest BCUT2D eigenvalue weighted by Crippen LogP contribution is 2.35. The highest BCUT2D eigenvalue weighted by molar-refractivity contribution is 5.90. The first-order chi connectivity index (χ1) is 8.36. The summed E-state index contributed by atoms with van der Waals surface area (Å²) in [5.74, 6) is 0.830. The quantitative estimate of drug-likeness (QED) is 0.829. The van der Waals surface area contributed by atoms with Crippen molar-refractivity contribution in [2.45, 2.75) is 44.6 Å². The predicted molar refractivity (Wildman–Crippen MR) is 60.2 cm³/mol. The predicted octanol–water partition coefficient (Wildman–Crippen LogP) is 0.994. The fourth-order valence-corrected chi connectivity index (χ4v) is 3.26. The average molecular weight is 235 g/mol. The summed E-state index contributed by atoms with van der Waals surface area (Å²) >= 11 is 0. The number of carbonyl (C=O) groups is 1. The van der Waals surface area contributed by atoms with E-state index < -0.39 is 0 Å². The van der Waals surface area contributed by atoms with Crippen LogP contribution in [-0.2, 0) is 0 Å². The van der Waals surface area contributed by atoms with Crippen LogP contribution in [0.15, 0.2) is 0 Å². The Kier molecular flexibility index (Phi) is 2.78. The van der Waals surface area contributed by atoms with Crippen molar-refractivity contribution in [3.05, 3.63) is 5.82 Å². The molecule has 1 saturated carbocycles. The van der Waals surface area contributed by atoms with Gasteiger partial charge in [-0.2, -0.15) is 5.21 Å². The van der Waals surface area contributed by atoms with E-state index in [0.29, 0.717) is 12.0 Å². The Hall–Kier alpha value is -1.46. The van der Waals surface area contributed by atoms with E-state index >= 15 is 0 Å². The first kappa shape index (κ1) is 10.7. The van der Waals surface area contributed by atoms with E-state index in [0.717, 1.165) is 19.4 Å². The lowest BCUT2D eigenvalue weighted by atomic mass is 9.96. The SMILES string of the molecule is O=C(c1nn[nH]n1)N1CCCC1C1CCCC1. The molecule has 6 nitrogen and oxygen atoms in total. The molecule has 0 aromatic carbocycles. The fourth-order valence-electron chi connectivity index (χ4n) is 3.26. The van der Waals surface area contributed by atoms with Crippen LogP contribution in [0.4, 0.5) is 0 Å². The zero-order chi connectivity index (χ0) is 11.7. The summed E-state index contributed by atoms with van der Waals surface area (Å²) in [7, 11) is 0. The van der Waals surface area contributed by atoms with Crippen molar-refractivity contribution in [2.24, 2.45) is 5.92 Å². The molecule has 6 heteroatoms. The lowest BCUT2D eigenvalue weighted by Crippen LogP contribution is -2.39. The summed E-state index contributed by atoms with van der Waals surface area (Å²) in [5, 5.41) is 13.4. The third kappa shape index (κ3) is 1.92. The normalized spacial score (nSPS) is 25.6. The molecule has 17 heavy (non-hydrogen) atoms. The van der Waals surface area contributed by atoms with Crippen LogP contribution in [0.5, 0.6) is 0 Å². The highest BCUT2D eigenvalue weighted by Gasteiger charge is 2.37. The van der Waals surface area contributed by atoms with Crippen LogP contribution in [-0.4, -0.2) is 44.0 Å². The first-order valence-corrected chi connectivity index (χ1v) is 6.40. The zero-order valence-corrected chi connectivity index (χ0v) is 9.80. The fraction of sp³-hybridized carbons (Fsp3) is 0.818. The smallest absolute Gasteiger partial charge is 0.295 e. The lowest BCUT2D eigenvalue weighted by molar-refractivity contribution is 0.0676. The summed E-state index contributed by atoms with van der Waals surface area (Å²) in [6.07, 6.45) is 7.39. The third-order valence-corrected chi connectivity index (χ3v) is 4.04. The number of aromatic amines is 1. The first-order valence-electron chi connectivity index (χ1n) is 6.40. The Morgan fingerprint density at radius 2 is 2.06 bits per heavy atom. The van der Waals surface area contributed by atoms with Gasteiger partial charge in [-0.1, -0.05) is 12.8 Å². The van der Waals surface area contributed by atoms with E-state index in [-0.39, 0.29) is 11.7 Å². The van der Waals surface area contributed by atoms with Crippen molar-refractivity contribution in [1.29, 1.82) is 0 Å². The Morgan fingerprint density at radius 3 is 2.76 bits per heavy atom. The van der Waals surface area contributed by atoms with Gasteiger partial charge in [-0.25, -0.2) is 0 Å². The molecule has 1 atom stereocenters. The standard InChI is InChI=1S/C11H17N5O/c17-11(10-12-14-15-13-10)16-7-3-6-9(16)8-4-1-2-5-8/h8-9H,1-7H2,(H,12,13,14,15). The second-order valence-electron chi connectivity index (χ2n) is 4.99. The highest BCUT2D eigenvalue weighted by atomic mass is 16.2. The van der Waals surface area contributed by atoms with Crippen LogP contribution in [0.2, 0.25) is 0 Å². The number of nitrogens with zero attached hydrogens (tertiary/aromatic N) is 4. The number of hydrogen-bond acceptors (Lipinski definition) is 4. The number of likely N-dealkylation sites (tertiary alicyclic amines) is 1. The molecule has 2 fully saturated rings. The molecule has 0 spiro atoms. The van der Waals surface area contributed by atoms with E-state index in [9.17, 15) is 4.79 Å². The van der Waals surface area contributed by atoms with E-state index in [4.69, 9.17) is 0 Å². The molecule has 1 unspecified atom stereocenters. The number of tetrazole rings is 1. The lowest BCUT2D eigenvalue weighted by Gasteiger charge is -2.28. The van der Waals surface area contributed by atoms with Crippen LogP contribution < -0.4 is 0 Å². The van der Waals surface area contributed by atoms with Crippen LogP contribution in [0.3, 0.4) is 0 Å².